The van der Waals surface area contributed by atoms with Gasteiger partial charge in [0.1, 0.15) is 0 Å². The molecule has 0 unspecified atom stereocenters. The number of nitrogens with two attached hydrogens (primary N) is 1. The minimum Gasteiger partial charge on any atom is -0.493 e. The highest BCUT2D eigenvalue weighted by Gasteiger charge is 2.10. The van der Waals surface area contributed by atoms with E-state index in [9.17, 15) is 8.42 Å². The van der Waals surface area contributed by atoms with Gasteiger partial charge >= 0.3 is 0 Å². The molecule has 0 aliphatic rings. The molecule has 0 atom stereocenters. The number of primary sulfonamides is 1. The predicted molar refractivity (Wildman–Crippen MR) is 112 cm³/mol. The van der Waals surface area contributed by atoms with Crippen molar-refractivity contribution in [1.29, 1.82) is 0 Å². The molecule has 0 saturated carbocycles. The van der Waals surface area contributed by atoms with Crippen molar-refractivity contribution in [3.05, 3.63) is 47.8 Å². The third kappa shape index (κ3) is 4.98. The molecule has 0 amide bonds. The van der Waals surface area contributed by atoms with Gasteiger partial charge in [0.15, 0.2) is 16.6 Å². The quantitative estimate of drug-likeness (QED) is 0.566. The summed E-state index contributed by atoms with van der Waals surface area (Å²) >= 11 is 1.44. The summed E-state index contributed by atoms with van der Waals surface area (Å²) in [4.78, 5) is 4.61. The maximum absolute atomic E-state index is 11.3. The molecule has 0 radical (unpaired) electrons. The number of anilines is 2. The zero-order valence-electron chi connectivity index (χ0n) is 14.5. The fraction of sp³-hybridized carbons (Fsp3) is 0.118. The van der Waals surface area contributed by atoms with Crippen LogP contribution < -0.4 is 19.9 Å². The second kappa shape index (κ2) is 8.70. The SMILES string of the molecule is Br.COc1ccc(-c2csc(Nc3ccc(S(N)(=O)=O)cc3)n2)cc1OC. The first kappa shape index (κ1) is 21.2. The number of benzene rings is 2. The number of rotatable bonds is 6. The van der Waals surface area contributed by atoms with Crippen LogP contribution in [0.3, 0.4) is 0 Å². The molecule has 0 spiro atoms. The lowest BCUT2D eigenvalue weighted by atomic mass is 10.1. The number of hydrogen-bond donors (Lipinski definition) is 2. The standard InChI is InChI=1S/C17H17N3O4S2.BrH/c1-23-15-8-3-11(9-16(15)24-2)14-10-25-17(20-14)19-12-4-6-13(7-5-12)26(18,21)22;/h3-10H,1-2H3,(H,19,20)(H2,18,21,22);1H. The van der Waals surface area contributed by atoms with Gasteiger partial charge in [0.2, 0.25) is 10.0 Å². The summed E-state index contributed by atoms with van der Waals surface area (Å²) in [6, 6.07) is 11.8. The molecule has 1 aromatic heterocycles. The smallest absolute Gasteiger partial charge is 0.238 e. The van der Waals surface area contributed by atoms with E-state index in [-0.39, 0.29) is 21.9 Å². The number of nitrogens with one attached hydrogen (secondary N) is 1. The fourth-order valence-corrected chi connectivity index (χ4v) is 3.57. The first-order valence-electron chi connectivity index (χ1n) is 7.48. The third-order valence-corrected chi connectivity index (χ3v) is 5.30. The van der Waals surface area contributed by atoms with Crippen molar-refractivity contribution >= 4 is 49.2 Å². The highest BCUT2D eigenvalue weighted by Crippen LogP contribution is 2.34. The van der Waals surface area contributed by atoms with Crippen LogP contribution >= 0.6 is 28.3 Å². The van der Waals surface area contributed by atoms with E-state index in [1.54, 1.807) is 26.4 Å². The van der Waals surface area contributed by atoms with Crippen molar-refractivity contribution in [3.8, 4) is 22.8 Å². The first-order chi connectivity index (χ1) is 12.4. The lowest BCUT2D eigenvalue weighted by Gasteiger charge is -2.08. The molecule has 0 fully saturated rings. The van der Waals surface area contributed by atoms with Crippen LogP contribution in [0.25, 0.3) is 11.3 Å². The minimum atomic E-state index is -3.70. The zero-order chi connectivity index (χ0) is 18.7. The van der Waals surface area contributed by atoms with Crippen LogP contribution in [0, 0.1) is 0 Å². The lowest BCUT2D eigenvalue weighted by Crippen LogP contribution is -2.11. The van der Waals surface area contributed by atoms with Gasteiger partial charge in [-0.05, 0) is 42.5 Å². The van der Waals surface area contributed by atoms with Crippen molar-refractivity contribution in [2.75, 3.05) is 19.5 Å². The molecular formula is C17H18BrN3O4S2. The van der Waals surface area contributed by atoms with Gasteiger partial charge in [-0.2, -0.15) is 0 Å². The van der Waals surface area contributed by atoms with Crippen LogP contribution in [0.15, 0.2) is 52.7 Å². The Morgan fingerprint density at radius 1 is 1.04 bits per heavy atom. The highest BCUT2D eigenvalue weighted by molar-refractivity contribution is 8.93. The van der Waals surface area contributed by atoms with Crippen LogP contribution in [0.4, 0.5) is 10.8 Å². The van der Waals surface area contributed by atoms with E-state index in [4.69, 9.17) is 14.6 Å². The van der Waals surface area contributed by atoms with Crippen molar-refractivity contribution in [1.82, 2.24) is 4.98 Å². The van der Waals surface area contributed by atoms with E-state index in [2.05, 4.69) is 10.3 Å². The maximum Gasteiger partial charge on any atom is 0.238 e. The summed E-state index contributed by atoms with van der Waals surface area (Å²) in [6.07, 6.45) is 0. The summed E-state index contributed by atoms with van der Waals surface area (Å²) in [5, 5.41) is 10.8. The van der Waals surface area contributed by atoms with Gasteiger partial charge in [-0.3, -0.25) is 0 Å². The summed E-state index contributed by atoms with van der Waals surface area (Å²) in [5.74, 6) is 1.28. The second-order valence-electron chi connectivity index (χ2n) is 5.30. The number of nitrogens with zero attached hydrogens (tertiary/aromatic N) is 1. The van der Waals surface area contributed by atoms with Gasteiger partial charge < -0.3 is 14.8 Å². The summed E-state index contributed by atoms with van der Waals surface area (Å²) in [6.45, 7) is 0. The largest absolute Gasteiger partial charge is 0.493 e. The number of hydrogen-bond acceptors (Lipinski definition) is 7. The van der Waals surface area contributed by atoms with Crippen LogP contribution in [0.1, 0.15) is 0 Å². The lowest BCUT2D eigenvalue weighted by molar-refractivity contribution is 0.355. The van der Waals surface area contributed by atoms with Gasteiger partial charge in [0.25, 0.3) is 0 Å². The van der Waals surface area contributed by atoms with Gasteiger partial charge in [-0.1, -0.05) is 0 Å². The van der Waals surface area contributed by atoms with Crippen LogP contribution in [0.2, 0.25) is 0 Å². The fourth-order valence-electron chi connectivity index (χ4n) is 2.31. The molecule has 1 heterocycles. The molecule has 3 aromatic rings. The monoisotopic (exact) mass is 471 g/mol. The molecule has 2 aromatic carbocycles. The predicted octanol–water partition coefficient (Wildman–Crippen LogP) is 3.80. The molecule has 3 rings (SSSR count). The van der Waals surface area contributed by atoms with Gasteiger partial charge in [-0.15, -0.1) is 28.3 Å². The number of aromatic nitrogens is 1. The first-order valence-corrected chi connectivity index (χ1v) is 9.91. The Morgan fingerprint density at radius 3 is 2.30 bits per heavy atom. The van der Waals surface area contributed by atoms with Crippen LogP contribution in [-0.2, 0) is 10.0 Å². The maximum atomic E-state index is 11.3. The molecule has 27 heavy (non-hydrogen) atoms. The molecule has 0 aliphatic heterocycles. The molecule has 7 nitrogen and oxygen atoms in total. The number of methoxy groups -OCH3 is 2. The van der Waals surface area contributed by atoms with E-state index >= 15 is 0 Å². The van der Waals surface area contributed by atoms with Gasteiger partial charge in [0, 0.05) is 16.6 Å². The topological polar surface area (TPSA) is 104 Å². The van der Waals surface area contributed by atoms with E-state index < -0.39 is 10.0 Å². The molecule has 0 saturated heterocycles. The zero-order valence-corrected chi connectivity index (χ0v) is 17.8. The van der Waals surface area contributed by atoms with Gasteiger partial charge in [0.05, 0.1) is 24.8 Å². The molecular weight excluding hydrogens is 454 g/mol. The third-order valence-electron chi connectivity index (χ3n) is 3.62. The number of thiazole rings is 1. The number of ether oxygens (including phenoxy) is 2. The van der Waals surface area contributed by atoms with Gasteiger partial charge in [-0.25, -0.2) is 18.5 Å². The normalized spacial score (nSPS) is 10.8. The van der Waals surface area contributed by atoms with Crippen LogP contribution in [0.5, 0.6) is 11.5 Å². The van der Waals surface area contributed by atoms with E-state index in [1.165, 1.54) is 23.5 Å². The van der Waals surface area contributed by atoms with E-state index in [0.29, 0.717) is 22.3 Å². The van der Waals surface area contributed by atoms with Crippen molar-refractivity contribution < 1.29 is 17.9 Å². The highest BCUT2D eigenvalue weighted by atomic mass is 79.9. The Balaban J connectivity index is 0.00000261. The average molecular weight is 472 g/mol. The molecule has 0 bridgehead atoms. The average Bonchev–Trinajstić information content (AvgIpc) is 3.09. The van der Waals surface area contributed by atoms with Crippen LogP contribution in [-0.4, -0.2) is 27.6 Å². The Hall–Kier alpha value is -2.14. The number of halogens is 1. The Morgan fingerprint density at radius 2 is 1.70 bits per heavy atom. The molecule has 0 aliphatic carbocycles. The second-order valence-corrected chi connectivity index (χ2v) is 7.72. The van der Waals surface area contributed by atoms with E-state index in [0.717, 1.165) is 11.3 Å². The molecule has 144 valence electrons. The molecule has 3 N–H and O–H groups in total. The van der Waals surface area contributed by atoms with Crippen molar-refractivity contribution in [2.45, 2.75) is 4.90 Å². The van der Waals surface area contributed by atoms with E-state index in [1.807, 2.05) is 23.6 Å². The Kier molecular flexibility index (Phi) is 6.82. The number of sulfonamides is 1. The Labute approximate surface area is 172 Å². The van der Waals surface area contributed by atoms with Crippen molar-refractivity contribution in [3.63, 3.8) is 0 Å². The summed E-state index contributed by atoms with van der Waals surface area (Å²) in [7, 11) is -0.529. The Bertz CT molecular complexity index is 1020. The minimum absolute atomic E-state index is 0. The molecule has 10 heteroatoms. The summed E-state index contributed by atoms with van der Waals surface area (Å²) in [5.41, 5.74) is 2.40. The van der Waals surface area contributed by atoms with Crippen molar-refractivity contribution in [2.24, 2.45) is 5.14 Å². The summed E-state index contributed by atoms with van der Waals surface area (Å²) < 4.78 is 33.1.